The largest absolute Gasteiger partial charge is 0.462 e. The van der Waals surface area contributed by atoms with E-state index < -0.39 is 6.10 Å². The molecule has 2 fully saturated rings. The lowest BCUT2D eigenvalue weighted by Gasteiger charge is -2.28. The summed E-state index contributed by atoms with van der Waals surface area (Å²) in [5, 5.41) is 0.694. The van der Waals surface area contributed by atoms with Gasteiger partial charge in [0.15, 0.2) is 6.10 Å². The van der Waals surface area contributed by atoms with E-state index in [-0.39, 0.29) is 37.5 Å². The van der Waals surface area contributed by atoms with E-state index in [4.69, 9.17) is 14.2 Å². The Labute approximate surface area is 225 Å². The van der Waals surface area contributed by atoms with Crippen molar-refractivity contribution in [3.8, 4) is 0 Å². The van der Waals surface area contributed by atoms with Crippen molar-refractivity contribution in [2.24, 2.45) is 0 Å². The number of nitrogens with zero attached hydrogens (tertiary/aromatic N) is 2. The van der Waals surface area contributed by atoms with Gasteiger partial charge in [0.05, 0.1) is 6.42 Å². The standard InChI is InChI=1S/C26H46N2O6S2/c1-3-9-24(29)32-20-22(34-26(31)11-6-5-10-23-13-19-35-36-23)21-33-25(30)12-16-27(2)17-18-28-14-7-4-8-15-28/h22-23H,3-21H2,1-2H3. The molecule has 0 bridgehead atoms. The van der Waals surface area contributed by atoms with Gasteiger partial charge in [-0.3, -0.25) is 14.4 Å². The van der Waals surface area contributed by atoms with E-state index in [1.54, 1.807) is 0 Å². The molecule has 2 unspecified atom stereocenters. The molecule has 208 valence electrons. The molecule has 0 N–H and O–H groups in total. The van der Waals surface area contributed by atoms with E-state index in [0.717, 1.165) is 45.4 Å². The van der Waals surface area contributed by atoms with Crippen LogP contribution >= 0.6 is 21.6 Å². The number of carbonyl (C=O) groups is 3. The van der Waals surface area contributed by atoms with Crippen LogP contribution in [0.2, 0.25) is 0 Å². The van der Waals surface area contributed by atoms with Crippen molar-refractivity contribution in [2.75, 3.05) is 58.7 Å². The molecule has 2 atom stereocenters. The molecule has 0 spiro atoms. The topological polar surface area (TPSA) is 85.4 Å². The molecule has 2 aliphatic rings. The van der Waals surface area contributed by atoms with E-state index in [9.17, 15) is 14.4 Å². The quantitative estimate of drug-likeness (QED) is 0.107. The van der Waals surface area contributed by atoms with E-state index in [0.29, 0.717) is 31.1 Å². The third-order valence-electron chi connectivity index (χ3n) is 6.44. The summed E-state index contributed by atoms with van der Waals surface area (Å²) < 4.78 is 16.1. The average Bonchev–Trinajstić information content (AvgIpc) is 3.40. The Morgan fingerprint density at radius 3 is 2.33 bits per heavy atom. The molecule has 8 nitrogen and oxygen atoms in total. The van der Waals surface area contributed by atoms with Gasteiger partial charge in [-0.05, 0) is 58.7 Å². The van der Waals surface area contributed by atoms with E-state index >= 15 is 0 Å². The highest BCUT2D eigenvalue weighted by atomic mass is 33.1. The fourth-order valence-electron chi connectivity index (χ4n) is 4.18. The number of esters is 3. The van der Waals surface area contributed by atoms with Crippen molar-refractivity contribution in [3.05, 3.63) is 0 Å². The summed E-state index contributed by atoms with van der Waals surface area (Å²) in [5.41, 5.74) is 0. The van der Waals surface area contributed by atoms with Crippen LogP contribution in [-0.4, -0.2) is 97.8 Å². The maximum absolute atomic E-state index is 12.4. The molecule has 0 aromatic rings. The number of hydrogen-bond acceptors (Lipinski definition) is 10. The molecule has 2 heterocycles. The van der Waals surface area contributed by atoms with Crippen LogP contribution in [0.5, 0.6) is 0 Å². The first kappa shape index (κ1) is 31.2. The first-order chi connectivity index (χ1) is 17.5. The van der Waals surface area contributed by atoms with Crippen molar-refractivity contribution < 1.29 is 28.6 Å². The van der Waals surface area contributed by atoms with Gasteiger partial charge in [0.2, 0.25) is 0 Å². The van der Waals surface area contributed by atoms with Crippen LogP contribution in [0.15, 0.2) is 0 Å². The number of ether oxygens (including phenoxy) is 3. The summed E-state index contributed by atoms with van der Waals surface area (Å²) in [6.45, 7) is 6.58. The normalized spacial score (nSPS) is 19.2. The zero-order valence-electron chi connectivity index (χ0n) is 22.3. The molecule has 10 heteroatoms. The molecule has 2 aliphatic heterocycles. The number of likely N-dealkylation sites (tertiary alicyclic amines) is 1. The van der Waals surface area contributed by atoms with Gasteiger partial charge >= 0.3 is 17.9 Å². The van der Waals surface area contributed by atoms with Crippen LogP contribution in [0.25, 0.3) is 0 Å². The van der Waals surface area contributed by atoms with Gasteiger partial charge in [0.1, 0.15) is 13.2 Å². The Morgan fingerprint density at radius 1 is 0.944 bits per heavy atom. The summed E-state index contributed by atoms with van der Waals surface area (Å²) in [7, 11) is 5.88. The number of piperidine rings is 1. The van der Waals surface area contributed by atoms with Crippen LogP contribution < -0.4 is 0 Å². The lowest BCUT2D eigenvalue weighted by Crippen LogP contribution is -2.37. The van der Waals surface area contributed by atoms with Crippen LogP contribution in [0.3, 0.4) is 0 Å². The molecule has 2 rings (SSSR count). The van der Waals surface area contributed by atoms with E-state index in [2.05, 4.69) is 9.80 Å². The highest BCUT2D eigenvalue weighted by molar-refractivity contribution is 8.77. The van der Waals surface area contributed by atoms with Crippen LogP contribution in [0.1, 0.15) is 77.6 Å². The second-order valence-electron chi connectivity index (χ2n) is 9.76. The average molecular weight is 547 g/mol. The minimum atomic E-state index is -0.777. The summed E-state index contributed by atoms with van der Waals surface area (Å²) in [6.07, 6.45) is 8.79. The second kappa shape index (κ2) is 19.2. The first-order valence-electron chi connectivity index (χ1n) is 13.7. The summed E-state index contributed by atoms with van der Waals surface area (Å²) in [6, 6.07) is 0. The Bertz CT molecular complexity index is 642. The summed E-state index contributed by atoms with van der Waals surface area (Å²) in [5.74, 6) is 0.192. The predicted octanol–water partition coefficient (Wildman–Crippen LogP) is 4.31. The molecule has 0 aromatic heterocycles. The lowest BCUT2D eigenvalue weighted by molar-refractivity contribution is -0.167. The van der Waals surface area contributed by atoms with Crippen molar-refractivity contribution in [3.63, 3.8) is 0 Å². The number of rotatable bonds is 18. The van der Waals surface area contributed by atoms with Crippen molar-refractivity contribution in [1.29, 1.82) is 0 Å². The number of likely N-dealkylation sites (N-methyl/N-ethyl adjacent to an activating group) is 1. The Hall–Kier alpha value is -0.970. The second-order valence-corrected chi connectivity index (χ2v) is 12.5. The lowest BCUT2D eigenvalue weighted by atomic mass is 10.1. The van der Waals surface area contributed by atoms with Gasteiger partial charge in [0.25, 0.3) is 0 Å². The predicted molar refractivity (Wildman–Crippen MR) is 146 cm³/mol. The van der Waals surface area contributed by atoms with Gasteiger partial charge in [-0.25, -0.2) is 0 Å². The highest BCUT2D eigenvalue weighted by Gasteiger charge is 2.20. The van der Waals surface area contributed by atoms with Gasteiger partial charge in [-0.15, -0.1) is 0 Å². The molecular formula is C26H46N2O6S2. The molecule has 2 saturated heterocycles. The maximum Gasteiger partial charge on any atom is 0.307 e. The van der Waals surface area contributed by atoms with Gasteiger partial charge in [-0.1, -0.05) is 41.4 Å². The Morgan fingerprint density at radius 2 is 1.67 bits per heavy atom. The van der Waals surface area contributed by atoms with Crippen LogP contribution in [0, 0.1) is 0 Å². The Balaban J connectivity index is 1.65. The van der Waals surface area contributed by atoms with Crippen LogP contribution in [-0.2, 0) is 28.6 Å². The SMILES string of the molecule is CCCC(=O)OCC(COC(=O)CCN(C)CCN1CCCCC1)OC(=O)CCCCC1CCSS1. The van der Waals surface area contributed by atoms with E-state index in [1.165, 1.54) is 31.4 Å². The summed E-state index contributed by atoms with van der Waals surface area (Å²) in [4.78, 5) is 41.1. The number of hydrogen-bond donors (Lipinski definition) is 0. The molecule has 0 aromatic carbocycles. The van der Waals surface area contributed by atoms with Crippen molar-refractivity contribution in [2.45, 2.75) is 88.9 Å². The van der Waals surface area contributed by atoms with Crippen LogP contribution in [0.4, 0.5) is 0 Å². The minimum absolute atomic E-state index is 0.0937. The molecular weight excluding hydrogens is 500 g/mol. The maximum atomic E-state index is 12.4. The first-order valence-corrected chi connectivity index (χ1v) is 16.0. The van der Waals surface area contributed by atoms with Gasteiger partial charge in [-0.2, -0.15) is 0 Å². The van der Waals surface area contributed by atoms with Gasteiger partial charge < -0.3 is 24.0 Å². The smallest absolute Gasteiger partial charge is 0.307 e. The highest BCUT2D eigenvalue weighted by Crippen LogP contribution is 2.39. The number of carbonyl (C=O) groups excluding carboxylic acids is 3. The van der Waals surface area contributed by atoms with E-state index in [1.807, 2.05) is 35.6 Å². The zero-order valence-corrected chi connectivity index (χ0v) is 23.9. The summed E-state index contributed by atoms with van der Waals surface area (Å²) >= 11 is 0. The van der Waals surface area contributed by atoms with Gasteiger partial charge in [0, 0.05) is 43.5 Å². The molecule has 0 aliphatic carbocycles. The molecule has 0 saturated carbocycles. The third-order valence-corrected chi connectivity index (χ3v) is 9.45. The van der Waals surface area contributed by atoms with Crippen molar-refractivity contribution >= 4 is 39.5 Å². The Kier molecular flexibility index (Phi) is 16.6. The molecule has 0 amide bonds. The monoisotopic (exact) mass is 546 g/mol. The molecule has 36 heavy (non-hydrogen) atoms. The fraction of sp³-hybridized carbons (Fsp3) is 0.885. The zero-order chi connectivity index (χ0) is 26.0. The minimum Gasteiger partial charge on any atom is -0.462 e. The fourth-order valence-corrected chi connectivity index (χ4v) is 7.20. The molecule has 0 radical (unpaired) electrons. The van der Waals surface area contributed by atoms with Crippen molar-refractivity contribution in [1.82, 2.24) is 9.80 Å². The third kappa shape index (κ3) is 14.7. The number of unbranched alkanes of at least 4 members (excludes halogenated alkanes) is 1.